The molecule has 0 aliphatic heterocycles. The SMILES string of the molecule is Cn1ccnc1SC1CCC(NC(=O)c2ccc3nc[nH]c3c2)CC1. The Balaban J connectivity index is 1.32. The lowest BCUT2D eigenvalue weighted by Crippen LogP contribution is -2.38. The van der Waals surface area contributed by atoms with Crippen LogP contribution >= 0.6 is 11.8 Å². The van der Waals surface area contributed by atoms with Crippen molar-refractivity contribution in [1.29, 1.82) is 0 Å². The summed E-state index contributed by atoms with van der Waals surface area (Å²) in [6.45, 7) is 0. The van der Waals surface area contributed by atoms with Crippen LogP contribution < -0.4 is 5.32 Å². The molecular weight excluding hydrogens is 334 g/mol. The van der Waals surface area contributed by atoms with Gasteiger partial charge in [0.1, 0.15) is 0 Å². The van der Waals surface area contributed by atoms with Crippen molar-refractivity contribution in [2.75, 3.05) is 0 Å². The lowest BCUT2D eigenvalue weighted by molar-refractivity contribution is 0.0928. The molecule has 0 radical (unpaired) electrons. The number of benzene rings is 1. The van der Waals surface area contributed by atoms with Crippen LogP contribution in [0.1, 0.15) is 36.0 Å². The van der Waals surface area contributed by atoms with Crippen LogP contribution in [0.5, 0.6) is 0 Å². The number of amides is 1. The summed E-state index contributed by atoms with van der Waals surface area (Å²) in [7, 11) is 2.03. The highest BCUT2D eigenvalue weighted by molar-refractivity contribution is 7.99. The van der Waals surface area contributed by atoms with Gasteiger partial charge in [0, 0.05) is 36.3 Å². The van der Waals surface area contributed by atoms with Crippen LogP contribution in [0.2, 0.25) is 0 Å². The molecule has 7 heteroatoms. The van der Waals surface area contributed by atoms with E-state index in [1.807, 2.05) is 49.4 Å². The Morgan fingerprint density at radius 1 is 1.28 bits per heavy atom. The van der Waals surface area contributed by atoms with Gasteiger partial charge >= 0.3 is 0 Å². The van der Waals surface area contributed by atoms with Gasteiger partial charge in [-0.2, -0.15) is 0 Å². The molecule has 1 amide bonds. The van der Waals surface area contributed by atoms with Crippen molar-refractivity contribution in [3.8, 4) is 0 Å². The minimum atomic E-state index is -0.00305. The number of rotatable bonds is 4. The summed E-state index contributed by atoms with van der Waals surface area (Å²) >= 11 is 1.85. The minimum absolute atomic E-state index is 0.00305. The van der Waals surface area contributed by atoms with Gasteiger partial charge in [-0.3, -0.25) is 4.79 Å². The number of hydrogen-bond acceptors (Lipinski definition) is 4. The number of imidazole rings is 2. The van der Waals surface area contributed by atoms with Crippen molar-refractivity contribution in [1.82, 2.24) is 24.8 Å². The number of H-pyrrole nitrogens is 1. The monoisotopic (exact) mass is 355 g/mol. The maximum Gasteiger partial charge on any atom is 0.251 e. The van der Waals surface area contributed by atoms with E-state index in [0.29, 0.717) is 10.8 Å². The zero-order valence-electron chi connectivity index (χ0n) is 14.1. The van der Waals surface area contributed by atoms with E-state index in [1.165, 1.54) is 0 Å². The summed E-state index contributed by atoms with van der Waals surface area (Å²) in [5.41, 5.74) is 2.45. The number of hydrogen-bond donors (Lipinski definition) is 2. The number of aromatic amines is 1. The summed E-state index contributed by atoms with van der Waals surface area (Å²) in [6, 6.07) is 5.82. The van der Waals surface area contributed by atoms with Crippen molar-refractivity contribution in [2.45, 2.75) is 42.1 Å². The molecule has 130 valence electrons. The van der Waals surface area contributed by atoms with E-state index in [2.05, 4.69) is 24.8 Å². The predicted molar refractivity (Wildman–Crippen MR) is 98.7 cm³/mol. The van der Waals surface area contributed by atoms with Gasteiger partial charge < -0.3 is 14.9 Å². The number of fused-ring (bicyclic) bond motifs is 1. The molecule has 1 aliphatic carbocycles. The van der Waals surface area contributed by atoms with Crippen LogP contribution in [-0.4, -0.2) is 36.7 Å². The second kappa shape index (κ2) is 6.92. The fraction of sp³-hybridized carbons (Fsp3) is 0.389. The van der Waals surface area contributed by atoms with Crippen LogP contribution in [0.3, 0.4) is 0 Å². The Kier molecular flexibility index (Phi) is 4.48. The topological polar surface area (TPSA) is 75.6 Å². The molecule has 1 aromatic carbocycles. The van der Waals surface area contributed by atoms with E-state index in [9.17, 15) is 4.79 Å². The average Bonchev–Trinajstić information content (AvgIpc) is 3.25. The highest BCUT2D eigenvalue weighted by Crippen LogP contribution is 2.32. The maximum atomic E-state index is 12.5. The van der Waals surface area contributed by atoms with E-state index in [1.54, 1.807) is 6.33 Å². The third-order valence-electron chi connectivity index (χ3n) is 4.74. The molecule has 1 fully saturated rings. The van der Waals surface area contributed by atoms with Gasteiger partial charge in [0.15, 0.2) is 5.16 Å². The largest absolute Gasteiger partial charge is 0.349 e. The normalized spacial score (nSPS) is 20.7. The smallest absolute Gasteiger partial charge is 0.251 e. The number of nitrogens with zero attached hydrogens (tertiary/aromatic N) is 3. The van der Waals surface area contributed by atoms with E-state index in [4.69, 9.17) is 0 Å². The fourth-order valence-electron chi connectivity index (χ4n) is 3.29. The number of aromatic nitrogens is 4. The average molecular weight is 355 g/mol. The Bertz CT molecular complexity index is 878. The number of nitrogens with one attached hydrogen (secondary N) is 2. The van der Waals surface area contributed by atoms with Gasteiger partial charge in [0.05, 0.1) is 17.4 Å². The van der Waals surface area contributed by atoms with Crippen LogP contribution in [0, 0.1) is 0 Å². The molecule has 3 aromatic rings. The Hall–Kier alpha value is -2.28. The van der Waals surface area contributed by atoms with Gasteiger partial charge in [0.25, 0.3) is 5.91 Å². The van der Waals surface area contributed by atoms with E-state index >= 15 is 0 Å². The zero-order valence-corrected chi connectivity index (χ0v) is 14.9. The van der Waals surface area contributed by atoms with Gasteiger partial charge in [-0.05, 0) is 43.9 Å². The second-order valence-corrected chi connectivity index (χ2v) is 7.79. The number of carbonyl (C=O) groups excluding carboxylic acids is 1. The quantitative estimate of drug-likeness (QED) is 0.754. The summed E-state index contributed by atoms with van der Waals surface area (Å²) in [5.74, 6) is -0.00305. The Labute approximate surface area is 150 Å². The summed E-state index contributed by atoms with van der Waals surface area (Å²) < 4.78 is 2.06. The van der Waals surface area contributed by atoms with Gasteiger partial charge in [-0.15, -0.1) is 0 Å². The second-order valence-electron chi connectivity index (χ2n) is 6.52. The molecule has 1 aliphatic rings. The highest BCUT2D eigenvalue weighted by atomic mass is 32.2. The Morgan fingerprint density at radius 3 is 2.88 bits per heavy atom. The lowest BCUT2D eigenvalue weighted by Gasteiger charge is -2.28. The number of carbonyl (C=O) groups is 1. The minimum Gasteiger partial charge on any atom is -0.349 e. The van der Waals surface area contributed by atoms with Crippen molar-refractivity contribution in [3.05, 3.63) is 42.5 Å². The molecule has 0 atom stereocenters. The first-order chi connectivity index (χ1) is 12.2. The molecule has 25 heavy (non-hydrogen) atoms. The first-order valence-electron chi connectivity index (χ1n) is 8.57. The van der Waals surface area contributed by atoms with Crippen LogP contribution in [-0.2, 0) is 7.05 Å². The Morgan fingerprint density at radius 2 is 2.12 bits per heavy atom. The molecule has 2 N–H and O–H groups in total. The standard InChI is InChI=1S/C18H21N5OS/c1-23-9-8-19-18(23)25-14-5-3-13(4-6-14)22-17(24)12-2-7-15-16(10-12)21-11-20-15/h2,7-11,13-14H,3-6H2,1H3,(H,20,21)(H,22,24). The first-order valence-corrected chi connectivity index (χ1v) is 9.45. The van der Waals surface area contributed by atoms with E-state index < -0.39 is 0 Å². The molecule has 4 rings (SSSR count). The van der Waals surface area contributed by atoms with E-state index in [-0.39, 0.29) is 11.9 Å². The first kappa shape index (κ1) is 16.2. The van der Waals surface area contributed by atoms with Gasteiger partial charge in [0.2, 0.25) is 0 Å². The molecular formula is C18H21N5OS. The molecule has 2 aromatic heterocycles. The summed E-state index contributed by atoms with van der Waals surface area (Å²) in [6.07, 6.45) is 9.69. The third-order valence-corrected chi connectivity index (χ3v) is 6.15. The molecule has 0 spiro atoms. The van der Waals surface area contributed by atoms with Crippen LogP contribution in [0.15, 0.2) is 42.1 Å². The molecule has 0 bridgehead atoms. The number of aryl methyl sites for hydroxylation is 1. The molecule has 0 unspecified atom stereocenters. The molecule has 6 nitrogen and oxygen atoms in total. The van der Waals surface area contributed by atoms with Crippen molar-refractivity contribution in [3.63, 3.8) is 0 Å². The third kappa shape index (κ3) is 3.56. The van der Waals surface area contributed by atoms with Crippen molar-refractivity contribution in [2.24, 2.45) is 7.05 Å². The zero-order chi connectivity index (χ0) is 17.2. The molecule has 0 saturated heterocycles. The van der Waals surface area contributed by atoms with Gasteiger partial charge in [-0.1, -0.05) is 11.8 Å². The molecule has 2 heterocycles. The van der Waals surface area contributed by atoms with E-state index in [0.717, 1.165) is 41.9 Å². The van der Waals surface area contributed by atoms with Crippen LogP contribution in [0.25, 0.3) is 11.0 Å². The number of thioether (sulfide) groups is 1. The van der Waals surface area contributed by atoms with Gasteiger partial charge in [-0.25, -0.2) is 9.97 Å². The summed E-state index contributed by atoms with van der Waals surface area (Å²) in [4.78, 5) is 24.1. The van der Waals surface area contributed by atoms with Crippen LogP contribution in [0.4, 0.5) is 0 Å². The molecule has 1 saturated carbocycles. The highest BCUT2D eigenvalue weighted by Gasteiger charge is 2.24. The lowest BCUT2D eigenvalue weighted by atomic mass is 9.94. The van der Waals surface area contributed by atoms with Crippen molar-refractivity contribution >= 4 is 28.7 Å². The van der Waals surface area contributed by atoms with Crippen molar-refractivity contribution < 1.29 is 4.79 Å². The fourth-order valence-corrected chi connectivity index (χ4v) is 4.44. The summed E-state index contributed by atoms with van der Waals surface area (Å²) in [5, 5.41) is 4.83. The predicted octanol–water partition coefficient (Wildman–Crippen LogP) is 3.13. The maximum absolute atomic E-state index is 12.5.